The van der Waals surface area contributed by atoms with E-state index in [1.807, 2.05) is 26.0 Å². The van der Waals surface area contributed by atoms with E-state index < -0.39 is 0 Å². The van der Waals surface area contributed by atoms with Crippen LogP contribution in [0.2, 0.25) is 0 Å². The first kappa shape index (κ1) is 12.9. The van der Waals surface area contributed by atoms with Crippen LogP contribution in [0.25, 0.3) is 0 Å². The summed E-state index contributed by atoms with van der Waals surface area (Å²) in [6, 6.07) is 8.46. The number of benzene rings is 1. The number of hydrogen-bond donors (Lipinski definition) is 2. The molecule has 2 rings (SSSR count). The molecule has 0 spiro atoms. The Bertz CT molecular complexity index is 417. The summed E-state index contributed by atoms with van der Waals surface area (Å²) in [5.41, 5.74) is 2.42. The Labute approximate surface area is 108 Å². The molecule has 18 heavy (non-hydrogen) atoms. The maximum absolute atomic E-state index is 11.9. The molecule has 1 aliphatic rings. The van der Waals surface area contributed by atoms with Gasteiger partial charge in [0.1, 0.15) is 0 Å². The minimum atomic E-state index is 0.0849. The predicted molar refractivity (Wildman–Crippen MR) is 73.6 cm³/mol. The van der Waals surface area contributed by atoms with E-state index in [0.717, 1.165) is 19.6 Å². The number of rotatable bonds is 3. The monoisotopic (exact) mass is 247 g/mol. The first-order valence-corrected chi connectivity index (χ1v) is 6.50. The van der Waals surface area contributed by atoms with Crippen LogP contribution in [0.3, 0.4) is 0 Å². The number of nitrogens with zero attached hydrogens (tertiary/aromatic N) is 1. The van der Waals surface area contributed by atoms with Crippen molar-refractivity contribution in [2.45, 2.75) is 26.4 Å². The first-order chi connectivity index (χ1) is 8.66. The van der Waals surface area contributed by atoms with Crippen molar-refractivity contribution < 1.29 is 4.79 Å². The van der Waals surface area contributed by atoms with E-state index in [1.54, 1.807) is 0 Å². The standard InChI is InChI=1S/C14H21N3O/c1-11(2)16-14(18)10-17-8-7-15-9-12-5-3-4-6-13(12)17/h3-6,11,15H,7-10H2,1-2H3,(H,16,18). The lowest BCUT2D eigenvalue weighted by molar-refractivity contribution is -0.120. The third-order valence-electron chi connectivity index (χ3n) is 2.99. The van der Waals surface area contributed by atoms with Crippen LogP contribution in [-0.2, 0) is 11.3 Å². The van der Waals surface area contributed by atoms with Gasteiger partial charge < -0.3 is 15.5 Å². The van der Waals surface area contributed by atoms with Crippen LogP contribution in [-0.4, -0.2) is 31.6 Å². The third-order valence-corrected chi connectivity index (χ3v) is 2.99. The van der Waals surface area contributed by atoms with Gasteiger partial charge in [-0.3, -0.25) is 4.79 Å². The van der Waals surface area contributed by atoms with E-state index in [9.17, 15) is 4.79 Å². The maximum Gasteiger partial charge on any atom is 0.239 e. The van der Waals surface area contributed by atoms with Crippen LogP contribution in [0.15, 0.2) is 24.3 Å². The Morgan fingerprint density at radius 3 is 3.00 bits per heavy atom. The SMILES string of the molecule is CC(C)NC(=O)CN1CCNCc2ccccc21. The molecule has 1 aromatic carbocycles. The molecular formula is C14H21N3O. The molecule has 4 nitrogen and oxygen atoms in total. The van der Waals surface area contributed by atoms with E-state index in [1.165, 1.54) is 11.3 Å². The van der Waals surface area contributed by atoms with E-state index >= 15 is 0 Å². The molecule has 0 aliphatic carbocycles. The molecule has 0 aromatic heterocycles. The van der Waals surface area contributed by atoms with E-state index in [-0.39, 0.29) is 11.9 Å². The smallest absolute Gasteiger partial charge is 0.239 e. The van der Waals surface area contributed by atoms with Crippen LogP contribution >= 0.6 is 0 Å². The number of anilines is 1. The first-order valence-electron chi connectivity index (χ1n) is 6.50. The quantitative estimate of drug-likeness (QED) is 0.841. The normalized spacial score (nSPS) is 15.2. The summed E-state index contributed by atoms with van der Waals surface area (Å²) in [5, 5.41) is 6.31. The van der Waals surface area contributed by atoms with Gasteiger partial charge >= 0.3 is 0 Å². The Kier molecular flexibility index (Phi) is 4.20. The molecule has 1 amide bonds. The van der Waals surface area contributed by atoms with Crippen LogP contribution in [0.5, 0.6) is 0 Å². The number of carbonyl (C=O) groups is 1. The van der Waals surface area contributed by atoms with Crippen molar-refractivity contribution in [2.24, 2.45) is 0 Å². The number of nitrogens with one attached hydrogen (secondary N) is 2. The lowest BCUT2D eigenvalue weighted by atomic mass is 10.1. The maximum atomic E-state index is 11.9. The van der Waals surface area contributed by atoms with Crippen molar-refractivity contribution in [3.63, 3.8) is 0 Å². The highest BCUT2D eigenvalue weighted by Crippen LogP contribution is 2.21. The molecule has 0 bridgehead atoms. The Morgan fingerprint density at radius 1 is 1.44 bits per heavy atom. The lowest BCUT2D eigenvalue weighted by Gasteiger charge is -2.24. The second-order valence-electron chi connectivity index (χ2n) is 4.95. The van der Waals surface area contributed by atoms with Gasteiger partial charge in [0.15, 0.2) is 0 Å². The molecule has 1 heterocycles. The number of fused-ring (bicyclic) bond motifs is 1. The summed E-state index contributed by atoms with van der Waals surface area (Å²) in [4.78, 5) is 14.0. The second-order valence-corrected chi connectivity index (χ2v) is 4.95. The average molecular weight is 247 g/mol. The van der Waals surface area contributed by atoms with E-state index in [0.29, 0.717) is 6.54 Å². The zero-order valence-electron chi connectivity index (χ0n) is 11.1. The fraction of sp³-hybridized carbons (Fsp3) is 0.500. The molecule has 0 atom stereocenters. The third kappa shape index (κ3) is 3.23. The van der Waals surface area contributed by atoms with Crippen molar-refractivity contribution in [1.82, 2.24) is 10.6 Å². The van der Waals surface area contributed by atoms with Gasteiger partial charge in [0.25, 0.3) is 0 Å². The molecule has 0 radical (unpaired) electrons. The largest absolute Gasteiger partial charge is 0.361 e. The number of amides is 1. The number of hydrogen-bond acceptors (Lipinski definition) is 3. The summed E-state index contributed by atoms with van der Waals surface area (Å²) >= 11 is 0. The molecule has 4 heteroatoms. The van der Waals surface area contributed by atoms with Crippen molar-refractivity contribution >= 4 is 11.6 Å². The Morgan fingerprint density at radius 2 is 2.22 bits per heavy atom. The molecule has 0 saturated carbocycles. The fourth-order valence-electron chi connectivity index (χ4n) is 2.23. The van der Waals surface area contributed by atoms with Crippen molar-refractivity contribution in [2.75, 3.05) is 24.5 Å². The average Bonchev–Trinajstić information content (AvgIpc) is 2.51. The van der Waals surface area contributed by atoms with Gasteiger partial charge in [0.05, 0.1) is 6.54 Å². The van der Waals surface area contributed by atoms with Gasteiger partial charge in [-0.2, -0.15) is 0 Å². The highest BCUT2D eigenvalue weighted by atomic mass is 16.2. The molecule has 1 aliphatic heterocycles. The molecule has 98 valence electrons. The zero-order valence-corrected chi connectivity index (χ0v) is 11.1. The van der Waals surface area contributed by atoms with Gasteiger partial charge in [0, 0.05) is 31.4 Å². The Balaban J connectivity index is 2.10. The summed E-state index contributed by atoms with van der Waals surface area (Å²) in [6.07, 6.45) is 0. The summed E-state index contributed by atoms with van der Waals surface area (Å²) < 4.78 is 0. The summed E-state index contributed by atoms with van der Waals surface area (Å²) in [5.74, 6) is 0.0849. The van der Waals surface area contributed by atoms with Crippen LogP contribution < -0.4 is 15.5 Å². The topological polar surface area (TPSA) is 44.4 Å². The lowest BCUT2D eigenvalue weighted by Crippen LogP contribution is -2.41. The highest BCUT2D eigenvalue weighted by molar-refractivity contribution is 5.82. The molecule has 0 unspecified atom stereocenters. The van der Waals surface area contributed by atoms with Crippen LogP contribution in [0, 0.1) is 0 Å². The molecule has 1 aromatic rings. The number of carbonyl (C=O) groups excluding carboxylic acids is 1. The summed E-state index contributed by atoms with van der Waals surface area (Å²) in [6.45, 7) is 7.03. The van der Waals surface area contributed by atoms with Crippen molar-refractivity contribution in [3.05, 3.63) is 29.8 Å². The predicted octanol–water partition coefficient (Wildman–Crippen LogP) is 1.12. The van der Waals surface area contributed by atoms with Gasteiger partial charge in [-0.15, -0.1) is 0 Å². The summed E-state index contributed by atoms with van der Waals surface area (Å²) in [7, 11) is 0. The van der Waals surface area contributed by atoms with E-state index in [4.69, 9.17) is 0 Å². The second kappa shape index (κ2) is 5.87. The van der Waals surface area contributed by atoms with Gasteiger partial charge in [-0.05, 0) is 25.5 Å². The van der Waals surface area contributed by atoms with Crippen molar-refractivity contribution in [1.29, 1.82) is 0 Å². The molecular weight excluding hydrogens is 226 g/mol. The minimum absolute atomic E-state index is 0.0849. The number of para-hydroxylation sites is 1. The molecule has 0 fully saturated rings. The van der Waals surface area contributed by atoms with Gasteiger partial charge in [-0.25, -0.2) is 0 Å². The molecule has 2 N–H and O–H groups in total. The van der Waals surface area contributed by atoms with Crippen LogP contribution in [0.1, 0.15) is 19.4 Å². The highest BCUT2D eigenvalue weighted by Gasteiger charge is 2.17. The van der Waals surface area contributed by atoms with Gasteiger partial charge in [0.2, 0.25) is 5.91 Å². The van der Waals surface area contributed by atoms with Crippen molar-refractivity contribution in [3.8, 4) is 0 Å². The zero-order chi connectivity index (χ0) is 13.0. The Hall–Kier alpha value is -1.55. The van der Waals surface area contributed by atoms with Gasteiger partial charge in [-0.1, -0.05) is 18.2 Å². The minimum Gasteiger partial charge on any atom is -0.361 e. The molecule has 0 saturated heterocycles. The fourth-order valence-corrected chi connectivity index (χ4v) is 2.23. The van der Waals surface area contributed by atoms with Crippen LogP contribution in [0.4, 0.5) is 5.69 Å². The van der Waals surface area contributed by atoms with E-state index in [2.05, 4.69) is 27.7 Å².